The summed E-state index contributed by atoms with van der Waals surface area (Å²) in [5, 5.41) is 2.72. The Balaban J connectivity index is 1.61. The van der Waals surface area contributed by atoms with E-state index in [0.29, 0.717) is 23.6 Å². The van der Waals surface area contributed by atoms with Crippen LogP contribution < -0.4 is 14.8 Å². The predicted octanol–water partition coefficient (Wildman–Crippen LogP) is 2.93. The fraction of sp³-hybridized carbons (Fsp3) is 0.364. The summed E-state index contributed by atoms with van der Waals surface area (Å²) < 4.78 is 10.4. The van der Waals surface area contributed by atoms with Crippen LogP contribution >= 0.6 is 0 Å². The number of methoxy groups -OCH3 is 2. The molecule has 0 aliphatic heterocycles. The number of rotatable bonds is 8. The van der Waals surface area contributed by atoms with Crippen molar-refractivity contribution >= 4 is 11.8 Å². The van der Waals surface area contributed by atoms with Crippen LogP contribution in [-0.4, -0.2) is 43.5 Å². The fourth-order valence-electron chi connectivity index (χ4n) is 3.03. The van der Waals surface area contributed by atoms with Gasteiger partial charge in [-0.1, -0.05) is 29.8 Å². The van der Waals surface area contributed by atoms with Crippen molar-refractivity contribution in [1.29, 1.82) is 0 Å². The van der Waals surface area contributed by atoms with Crippen LogP contribution in [0.15, 0.2) is 42.5 Å². The molecule has 1 fully saturated rings. The van der Waals surface area contributed by atoms with Gasteiger partial charge >= 0.3 is 0 Å². The Morgan fingerprint density at radius 3 is 2.32 bits per heavy atom. The van der Waals surface area contributed by atoms with E-state index in [2.05, 4.69) is 5.32 Å². The first-order valence-electron chi connectivity index (χ1n) is 9.37. The molecule has 0 saturated heterocycles. The van der Waals surface area contributed by atoms with Gasteiger partial charge in [0.1, 0.15) is 0 Å². The van der Waals surface area contributed by atoms with Crippen molar-refractivity contribution in [2.45, 2.75) is 32.4 Å². The first kappa shape index (κ1) is 19.7. The summed E-state index contributed by atoms with van der Waals surface area (Å²) in [6.45, 7) is 2.57. The predicted molar refractivity (Wildman–Crippen MR) is 107 cm³/mol. The second-order valence-corrected chi connectivity index (χ2v) is 6.99. The molecular weight excluding hydrogens is 356 g/mol. The standard InChI is InChI=1S/C22H26N2O4/c1-15-4-6-16(7-5-15)14-24(18-9-10-18)21(25)13-23-22(26)17-8-11-19(27-2)20(12-17)28-3/h4-8,11-12,18H,9-10,13-14H2,1-3H3,(H,23,26). The van der Waals surface area contributed by atoms with Crippen LogP contribution in [0.2, 0.25) is 0 Å². The molecule has 0 spiro atoms. The van der Waals surface area contributed by atoms with Crippen molar-refractivity contribution in [3.8, 4) is 11.5 Å². The van der Waals surface area contributed by atoms with Crippen LogP contribution in [0.1, 0.15) is 34.3 Å². The quantitative estimate of drug-likeness (QED) is 0.762. The fourth-order valence-corrected chi connectivity index (χ4v) is 3.03. The van der Waals surface area contributed by atoms with Crippen molar-refractivity contribution in [2.75, 3.05) is 20.8 Å². The Labute approximate surface area is 165 Å². The Morgan fingerprint density at radius 1 is 1.04 bits per heavy atom. The molecule has 28 heavy (non-hydrogen) atoms. The summed E-state index contributed by atoms with van der Waals surface area (Å²) in [6.07, 6.45) is 2.03. The third-order valence-electron chi connectivity index (χ3n) is 4.83. The molecule has 6 heteroatoms. The minimum atomic E-state index is -0.319. The third-order valence-corrected chi connectivity index (χ3v) is 4.83. The summed E-state index contributed by atoms with van der Waals surface area (Å²) in [7, 11) is 3.05. The number of benzene rings is 2. The molecule has 0 bridgehead atoms. The second kappa shape index (κ2) is 8.78. The normalized spacial score (nSPS) is 13.0. The van der Waals surface area contributed by atoms with Crippen LogP contribution in [0.3, 0.4) is 0 Å². The van der Waals surface area contributed by atoms with E-state index in [1.54, 1.807) is 18.2 Å². The molecule has 2 amide bonds. The molecule has 3 rings (SSSR count). The summed E-state index contributed by atoms with van der Waals surface area (Å²) in [5.41, 5.74) is 2.70. The molecule has 0 aromatic heterocycles. The highest BCUT2D eigenvalue weighted by Crippen LogP contribution is 2.29. The maximum atomic E-state index is 12.7. The van der Waals surface area contributed by atoms with E-state index in [1.165, 1.54) is 19.8 Å². The van der Waals surface area contributed by atoms with Gasteiger partial charge in [-0.2, -0.15) is 0 Å². The lowest BCUT2D eigenvalue weighted by atomic mass is 10.1. The van der Waals surface area contributed by atoms with Gasteiger partial charge in [0.2, 0.25) is 5.91 Å². The minimum absolute atomic E-state index is 0.0322. The lowest BCUT2D eigenvalue weighted by molar-refractivity contribution is -0.131. The van der Waals surface area contributed by atoms with Gasteiger partial charge in [-0.15, -0.1) is 0 Å². The summed E-state index contributed by atoms with van der Waals surface area (Å²) in [5.74, 6) is 0.630. The number of nitrogens with one attached hydrogen (secondary N) is 1. The number of amides is 2. The van der Waals surface area contributed by atoms with Gasteiger partial charge < -0.3 is 19.7 Å². The van der Waals surface area contributed by atoms with Crippen LogP contribution in [0.5, 0.6) is 11.5 Å². The first-order chi connectivity index (χ1) is 13.5. The molecule has 148 valence electrons. The Kier molecular flexibility index (Phi) is 6.19. The van der Waals surface area contributed by atoms with Gasteiger partial charge in [0.25, 0.3) is 5.91 Å². The molecule has 1 aliphatic carbocycles. The van der Waals surface area contributed by atoms with Gasteiger partial charge in [-0.25, -0.2) is 0 Å². The van der Waals surface area contributed by atoms with Gasteiger partial charge in [0.05, 0.1) is 20.8 Å². The average Bonchev–Trinajstić information content (AvgIpc) is 3.55. The number of aryl methyl sites for hydroxylation is 1. The molecule has 6 nitrogen and oxygen atoms in total. The lowest BCUT2D eigenvalue weighted by Gasteiger charge is -2.23. The molecule has 0 atom stereocenters. The van der Waals surface area contributed by atoms with Crippen LogP contribution in [0, 0.1) is 6.92 Å². The van der Waals surface area contributed by atoms with Gasteiger partial charge in [-0.3, -0.25) is 9.59 Å². The lowest BCUT2D eigenvalue weighted by Crippen LogP contribution is -2.41. The number of nitrogens with zero attached hydrogens (tertiary/aromatic N) is 1. The Bertz CT molecular complexity index is 844. The molecule has 1 aliphatic rings. The molecule has 1 N–H and O–H groups in total. The van der Waals surface area contributed by atoms with E-state index in [4.69, 9.17) is 9.47 Å². The van der Waals surface area contributed by atoms with Gasteiger partial charge in [0.15, 0.2) is 11.5 Å². The van der Waals surface area contributed by atoms with Gasteiger partial charge in [-0.05, 0) is 43.5 Å². The maximum absolute atomic E-state index is 12.7. The molecular formula is C22H26N2O4. The minimum Gasteiger partial charge on any atom is -0.493 e. The van der Waals surface area contributed by atoms with Crippen LogP contribution in [0.25, 0.3) is 0 Å². The van der Waals surface area contributed by atoms with E-state index < -0.39 is 0 Å². The SMILES string of the molecule is COc1ccc(C(=O)NCC(=O)N(Cc2ccc(C)cc2)C2CC2)cc1OC. The monoisotopic (exact) mass is 382 g/mol. The topological polar surface area (TPSA) is 67.9 Å². The largest absolute Gasteiger partial charge is 0.493 e. The van der Waals surface area contributed by atoms with Crippen LogP contribution in [0.4, 0.5) is 0 Å². The zero-order valence-electron chi connectivity index (χ0n) is 16.5. The molecule has 0 heterocycles. The Morgan fingerprint density at radius 2 is 1.71 bits per heavy atom. The highest BCUT2D eigenvalue weighted by molar-refractivity contribution is 5.97. The number of ether oxygens (including phenoxy) is 2. The van der Waals surface area contributed by atoms with Crippen molar-refractivity contribution < 1.29 is 19.1 Å². The summed E-state index contributed by atoms with van der Waals surface area (Å²) in [6, 6.07) is 13.4. The number of hydrogen-bond acceptors (Lipinski definition) is 4. The third kappa shape index (κ3) is 4.82. The summed E-state index contributed by atoms with van der Waals surface area (Å²) in [4.78, 5) is 27.0. The van der Waals surface area contributed by atoms with E-state index in [-0.39, 0.29) is 24.4 Å². The van der Waals surface area contributed by atoms with Crippen LogP contribution in [-0.2, 0) is 11.3 Å². The van der Waals surface area contributed by atoms with E-state index in [9.17, 15) is 9.59 Å². The van der Waals surface area contributed by atoms with E-state index in [0.717, 1.165) is 18.4 Å². The highest BCUT2D eigenvalue weighted by atomic mass is 16.5. The molecule has 2 aromatic rings. The number of carbonyl (C=O) groups excluding carboxylic acids is 2. The smallest absolute Gasteiger partial charge is 0.251 e. The molecule has 2 aromatic carbocycles. The first-order valence-corrected chi connectivity index (χ1v) is 9.37. The highest BCUT2D eigenvalue weighted by Gasteiger charge is 2.32. The Hall–Kier alpha value is -3.02. The van der Waals surface area contributed by atoms with Crippen molar-refractivity contribution in [2.24, 2.45) is 0 Å². The van der Waals surface area contributed by atoms with Gasteiger partial charge in [0, 0.05) is 18.2 Å². The average molecular weight is 382 g/mol. The number of hydrogen-bond donors (Lipinski definition) is 1. The number of carbonyl (C=O) groups is 2. The molecule has 0 radical (unpaired) electrons. The zero-order valence-corrected chi connectivity index (χ0v) is 16.5. The molecule has 1 saturated carbocycles. The van der Waals surface area contributed by atoms with E-state index in [1.807, 2.05) is 36.1 Å². The zero-order chi connectivity index (χ0) is 20.1. The van der Waals surface area contributed by atoms with Crippen molar-refractivity contribution in [3.63, 3.8) is 0 Å². The van der Waals surface area contributed by atoms with E-state index >= 15 is 0 Å². The summed E-state index contributed by atoms with van der Waals surface area (Å²) >= 11 is 0. The molecule has 0 unspecified atom stereocenters. The maximum Gasteiger partial charge on any atom is 0.251 e. The van der Waals surface area contributed by atoms with Crippen molar-refractivity contribution in [3.05, 3.63) is 59.2 Å². The second-order valence-electron chi connectivity index (χ2n) is 6.99. The van der Waals surface area contributed by atoms with Crippen molar-refractivity contribution in [1.82, 2.24) is 10.2 Å².